The summed E-state index contributed by atoms with van der Waals surface area (Å²) in [5, 5.41) is 14.2. The van der Waals surface area contributed by atoms with Crippen LogP contribution in [0.5, 0.6) is 0 Å². The van der Waals surface area contributed by atoms with Crippen LogP contribution < -0.4 is 0 Å². The summed E-state index contributed by atoms with van der Waals surface area (Å²) in [5.41, 5.74) is 8.08. The maximum Gasteiger partial charge on any atom is 0.303 e. The van der Waals surface area contributed by atoms with Crippen molar-refractivity contribution in [1.29, 1.82) is 0 Å². The van der Waals surface area contributed by atoms with Crippen molar-refractivity contribution < 1.29 is 28.9 Å². The average molecular weight is 381 g/mol. The topological polar surface area (TPSA) is 131 Å². The molecule has 0 aromatic heterocycles. The van der Waals surface area contributed by atoms with E-state index in [1.165, 1.54) is 25.6 Å². The molecule has 0 amide bonds. The molecule has 0 unspecified atom stereocenters. The first kappa shape index (κ1) is 20.1. The van der Waals surface area contributed by atoms with Gasteiger partial charge in [-0.1, -0.05) is 35.1 Å². The second-order valence-corrected chi connectivity index (χ2v) is 6.71. The Kier molecular flexibility index (Phi) is 7.28. The van der Waals surface area contributed by atoms with Crippen LogP contribution in [-0.4, -0.2) is 53.4 Å². The van der Waals surface area contributed by atoms with Crippen molar-refractivity contribution in [2.75, 3.05) is 6.61 Å². The quantitative estimate of drug-likeness (QED) is 0.345. The van der Waals surface area contributed by atoms with E-state index in [1.807, 2.05) is 30.3 Å². The number of carbonyl (C=O) groups excluding carboxylic acids is 2. The van der Waals surface area contributed by atoms with Crippen LogP contribution in [0.2, 0.25) is 0 Å². The Morgan fingerprint density at radius 2 is 2.00 bits per heavy atom. The van der Waals surface area contributed by atoms with E-state index in [9.17, 15) is 14.7 Å². The Morgan fingerprint density at radius 3 is 2.58 bits per heavy atom. The van der Waals surface area contributed by atoms with Gasteiger partial charge in [0.25, 0.3) is 0 Å². The maximum absolute atomic E-state index is 11.4. The Morgan fingerprint density at radius 1 is 1.31 bits per heavy atom. The van der Waals surface area contributed by atoms with Crippen LogP contribution in [0.3, 0.4) is 0 Å². The Hall–Kier alpha value is -2.26. The van der Waals surface area contributed by atoms with Gasteiger partial charge in [0.15, 0.2) is 6.10 Å². The molecule has 9 nitrogen and oxygen atoms in total. The van der Waals surface area contributed by atoms with E-state index in [2.05, 4.69) is 10.0 Å². The molecule has 1 aromatic carbocycles. The first-order chi connectivity index (χ1) is 12.4. The number of aliphatic hydroxyl groups excluding tert-OH is 1. The van der Waals surface area contributed by atoms with E-state index in [-0.39, 0.29) is 6.61 Å². The molecular formula is C16H19N3O6S. The molecule has 0 radical (unpaired) electrons. The van der Waals surface area contributed by atoms with Crippen molar-refractivity contribution in [3.05, 3.63) is 40.8 Å². The highest BCUT2D eigenvalue weighted by molar-refractivity contribution is 7.99. The van der Waals surface area contributed by atoms with E-state index in [0.717, 1.165) is 4.90 Å². The van der Waals surface area contributed by atoms with Crippen LogP contribution in [0, 0.1) is 0 Å². The second-order valence-electron chi connectivity index (χ2n) is 5.54. The van der Waals surface area contributed by atoms with Gasteiger partial charge in [0.2, 0.25) is 0 Å². The summed E-state index contributed by atoms with van der Waals surface area (Å²) >= 11 is 1.25. The number of rotatable bonds is 6. The monoisotopic (exact) mass is 381 g/mol. The number of ether oxygens (including phenoxy) is 3. The lowest BCUT2D eigenvalue weighted by Gasteiger charge is -2.42. The van der Waals surface area contributed by atoms with Crippen LogP contribution in [0.4, 0.5) is 0 Å². The molecule has 1 aliphatic rings. The summed E-state index contributed by atoms with van der Waals surface area (Å²) < 4.78 is 16.0. The molecule has 1 N–H and O–H groups in total. The Labute approximate surface area is 154 Å². The lowest BCUT2D eigenvalue weighted by Crippen LogP contribution is -2.58. The third-order valence-electron chi connectivity index (χ3n) is 3.57. The molecular weight excluding hydrogens is 362 g/mol. The predicted octanol–water partition coefficient (Wildman–Crippen LogP) is 2.04. The first-order valence-corrected chi connectivity index (χ1v) is 8.70. The molecule has 0 spiro atoms. The van der Waals surface area contributed by atoms with E-state index in [4.69, 9.17) is 19.7 Å². The number of esters is 2. The van der Waals surface area contributed by atoms with Gasteiger partial charge in [-0.25, -0.2) is 0 Å². The zero-order chi connectivity index (χ0) is 19.1. The van der Waals surface area contributed by atoms with Crippen molar-refractivity contribution in [3.63, 3.8) is 0 Å². The number of azide groups is 1. The lowest BCUT2D eigenvalue weighted by molar-refractivity contribution is -0.198. The highest BCUT2D eigenvalue weighted by atomic mass is 32.2. The molecule has 1 fully saturated rings. The number of aliphatic hydroxyl groups is 1. The summed E-state index contributed by atoms with van der Waals surface area (Å²) in [6, 6.07) is 8.21. The fourth-order valence-electron chi connectivity index (χ4n) is 2.49. The highest BCUT2D eigenvalue weighted by Gasteiger charge is 2.47. The molecule has 0 saturated carbocycles. The first-order valence-electron chi connectivity index (χ1n) is 7.82. The summed E-state index contributed by atoms with van der Waals surface area (Å²) in [6.45, 7) is 2.21. The van der Waals surface area contributed by atoms with Gasteiger partial charge in [0.1, 0.15) is 30.3 Å². The zero-order valence-corrected chi connectivity index (χ0v) is 15.0. The summed E-state index contributed by atoms with van der Waals surface area (Å²) in [5.74, 6) is -1.17. The van der Waals surface area contributed by atoms with Gasteiger partial charge < -0.3 is 19.3 Å². The van der Waals surface area contributed by atoms with Crippen LogP contribution in [0.15, 0.2) is 40.3 Å². The van der Waals surface area contributed by atoms with Gasteiger partial charge in [-0.15, -0.1) is 0 Å². The minimum absolute atomic E-state index is 0.209. The van der Waals surface area contributed by atoms with Crippen molar-refractivity contribution in [2.24, 2.45) is 5.11 Å². The van der Waals surface area contributed by atoms with Crippen LogP contribution in [0.25, 0.3) is 10.4 Å². The molecule has 0 bridgehead atoms. The third kappa shape index (κ3) is 5.37. The van der Waals surface area contributed by atoms with Gasteiger partial charge in [-0.3, -0.25) is 9.59 Å². The Bertz CT molecular complexity index is 682. The average Bonchev–Trinajstić information content (AvgIpc) is 2.59. The SMILES string of the molecule is CC(=O)OC[C@H]1O[C@@H](Sc2ccccc2)[C@H](N=[N+]=[N-])[C@@H](O)[C@@H]1OC(C)=O. The standard InChI is InChI=1S/C16H19N3O6S/c1-9(20)23-8-12-15(24-10(2)21)14(22)13(18-19-17)16(25-12)26-11-6-4-3-5-7-11/h3-7,12-16,22H,8H2,1-2H3/t12-,13-,14-,15-,16+/m1/s1. The van der Waals surface area contributed by atoms with Crippen LogP contribution >= 0.6 is 11.8 Å². The fourth-order valence-corrected chi connectivity index (χ4v) is 3.62. The highest BCUT2D eigenvalue weighted by Crippen LogP contribution is 2.36. The van der Waals surface area contributed by atoms with E-state index < -0.39 is 41.7 Å². The number of hydrogen-bond donors (Lipinski definition) is 1. The summed E-state index contributed by atoms with van der Waals surface area (Å²) in [7, 11) is 0. The van der Waals surface area contributed by atoms with Gasteiger partial charge >= 0.3 is 11.9 Å². The van der Waals surface area contributed by atoms with E-state index in [1.54, 1.807) is 0 Å². The largest absolute Gasteiger partial charge is 0.463 e. The van der Waals surface area contributed by atoms with Crippen molar-refractivity contribution >= 4 is 23.7 Å². The molecule has 1 saturated heterocycles. The second kappa shape index (κ2) is 9.44. The smallest absolute Gasteiger partial charge is 0.303 e. The number of thioether (sulfide) groups is 1. The van der Waals surface area contributed by atoms with Gasteiger partial charge in [-0.05, 0) is 17.7 Å². The van der Waals surface area contributed by atoms with Crippen molar-refractivity contribution in [1.82, 2.24) is 0 Å². The van der Waals surface area contributed by atoms with E-state index in [0.29, 0.717) is 0 Å². The van der Waals surface area contributed by atoms with Gasteiger partial charge in [0, 0.05) is 23.7 Å². The number of nitrogens with zero attached hydrogens (tertiary/aromatic N) is 3. The number of hydrogen-bond acceptors (Lipinski definition) is 8. The minimum atomic E-state index is -1.31. The molecule has 1 aromatic rings. The molecule has 5 atom stereocenters. The molecule has 0 aliphatic carbocycles. The lowest BCUT2D eigenvalue weighted by atomic mass is 9.98. The molecule has 26 heavy (non-hydrogen) atoms. The van der Waals surface area contributed by atoms with Crippen molar-refractivity contribution in [2.45, 2.75) is 48.5 Å². The normalized spacial score (nSPS) is 27.9. The molecule has 1 aliphatic heterocycles. The maximum atomic E-state index is 11.4. The van der Waals surface area contributed by atoms with Crippen LogP contribution in [-0.2, 0) is 23.8 Å². The van der Waals surface area contributed by atoms with E-state index >= 15 is 0 Å². The molecule has 10 heteroatoms. The van der Waals surface area contributed by atoms with Gasteiger partial charge in [0.05, 0.1) is 0 Å². The number of benzene rings is 1. The van der Waals surface area contributed by atoms with Gasteiger partial charge in [-0.2, -0.15) is 0 Å². The molecule has 1 heterocycles. The summed E-state index contributed by atoms with van der Waals surface area (Å²) in [6.07, 6.45) is -3.34. The number of carbonyl (C=O) groups is 2. The third-order valence-corrected chi connectivity index (χ3v) is 4.74. The molecule has 140 valence electrons. The minimum Gasteiger partial charge on any atom is -0.463 e. The Balaban J connectivity index is 2.26. The predicted molar refractivity (Wildman–Crippen MR) is 92.1 cm³/mol. The fraction of sp³-hybridized carbons (Fsp3) is 0.500. The zero-order valence-electron chi connectivity index (χ0n) is 14.2. The van der Waals surface area contributed by atoms with Crippen LogP contribution in [0.1, 0.15) is 13.8 Å². The molecule has 2 rings (SSSR count). The summed E-state index contributed by atoms with van der Waals surface area (Å²) in [4.78, 5) is 26.1. The van der Waals surface area contributed by atoms with Crippen molar-refractivity contribution in [3.8, 4) is 0 Å².